The van der Waals surface area contributed by atoms with Crippen LogP contribution in [0.15, 0.2) is 18.2 Å². The number of rotatable bonds is 3. The highest BCUT2D eigenvalue weighted by atomic mass is 19.1. The molecule has 0 radical (unpaired) electrons. The van der Waals surface area contributed by atoms with E-state index in [0.29, 0.717) is 12.4 Å². The Labute approximate surface area is 119 Å². The molecule has 0 aromatic heterocycles. The minimum absolute atomic E-state index is 0.110. The van der Waals surface area contributed by atoms with Gasteiger partial charge in [-0.25, -0.2) is 4.39 Å². The Morgan fingerprint density at radius 2 is 2.05 bits per heavy atom. The average Bonchev–Trinajstić information content (AvgIpc) is 2.84. The smallest absolute Gasteiger partial charge is 0.149 e. The van der Waals surface area contributed by atoms with Gasteiger partial charge in [0.25, 0.3) is 0 Å². The molecule has 2 N–H and O–H groups in total. The summed E-state index contributed by atoms with van der Waals surface area (Å²) in [5.41, 5.74) is 5.70. The molecule has 0 amide bonds. The van der Waals surface area contributed by atoms with Gasteiger partial charge in [0.05, 0.1) is 17.4 Å². The van der Waals surface area contributed by atoms with Crippen molar-refractivity contribution in [3.8, 4) is 5.75 Å². The molecule has 1 heterocycles. The maximum absolute atomic E-state index is 13.3. The molecule has 0 bridgehead atoms. The van der Waals surface area contributed by atoms with Crippen molar-refractivity contribution in [1.29, 1.82) is 0 Å². The summed E-state index contributed by atoms with van der Waals surface area (Å²) in [5, 5.41) is 0. The zero-order valence-corrected chi connectivity index (χ0v) is 11.7. The summed E-state index contributed by atoms with van der Waals surface area (Å²) < 4.78 is 25.2. The van der Waals surface area contributed by atoms with Gasteiger partial charge in [0.15, 0.2) is 0 Å². The van der Waals surface area contributed by atoms with Crippen molar-refractivity contribution < 1.29 is 13.9 Å². The number of nitrogen functional groups attached to an aromatic ring is 1. The molecule has 2 aliphatic rings. The number of halogens is 1. The van der Waals surface area contributed by atoms with Crippen molar-refractivity contribution in [3.63, 3.8) is 0 Å². The highest BCUT2D eigenvalue weighted by molar-refractivity contribution is 5.43. The molecule has 3 rings (SSSR count). The summed E-state index contributed by atoms with van der Waals surface area (Å²) in [7, 11) is 0. The Morgan fingerprint density at radius 1 is 1.25 bits per heavy atom. The lowest BCUT2D eigenvalue weighted by atomic mass is 9.83. The average molecular weight is 279 g/mol. The molecule has 1 aliphatic heterocycles. The molecular weight excluding hydrogens is 257 g/mol. The third-order valence-corrected chi connectivity index (χ3v) is 4.51. The van der Waals surface area contributed by atoms with E-state index in [-0.39, 0.29) is 17.4 Å². The number of anilines is 1. The fourth-order valence-corrected chi connectivity index (χ4v) is 3.36. The molecular formula is C16H22FNO2. The molecule has 1 saturated heterocycles. The zero-order valence-electron chi connectivity index (χ0n) is 11.7. The van der Waals surface area contributed by atoms with Crippen LogP contribution in [0.3, 0.4) is 0 Å². The lowest BCUT2D eigenvalue weighted by molar-refractivity contribution is -0.0748. The lowest BCUT2D eigenvalue weighted by Gasteiger charge is -2.33. The standard InChI is InChI=1S/C16H22FNO2/c17-14-10-12(4-5-15(14)18)19-11-13-6-9-16(20-13)7-2-1-3-8-16/h4-5,10,13H,1-3,6-9,11,18H2. The van der Waals surface area contributed by atoms with Gasteiger partial charge in [-0.3, -0.25) is 0 Å². The van der Waals surface area contributed by atoms with E-state index in [1.165, 1.54) is 44.2 Å². The molecule has 4 heteroatoms. The number of ether oxygens (including phenoxy) is 2. The first kappa shape index (κ1) is 13.7. The van der Waals surface area contributed by atoms with Gasteiger partial charge in [-0.05, 0) is 37.8 Å². The summed E-state index contributed by atoms with van der Waals surface area (Å²) in [6.45, 7) is 0.491. The first-order valence-corrected chi connectivity index (χ1v) is 7.53. The monoisotopic (exact) mass is 279 g/mol. The van der Waals surface area contributed by atoms with Crippen LogP contribution in [0.25, 0.3) is 0 Å². The van der Waals surface area contributed by atoms with Crippen molar-refractivity contribution in [2.24, 2.45) is 0 Å². The number of nitrogens with two attached hydrogens (primary N) is 1. The molecule has 2 fully saturated rings. The van der Waals surface area contributed by atoms with Crippen LogP contribution < -0.4 is 10.5 Å². The van der Waals surface area contributed by atoms with E-state index in [0.717, 1.165) is 12.8 Å². The zero-order chi connectivity index (χ0) is 14.0. The van der Waals surface area contributed by atoms with Gasteiger partial charge < -0.3 is 15.2 Å². The largest absolute Gasteiger partial charge is 0.491 e. The molecule has 20 heavy (non-hydrogen) atoms. The van der Waals surface area contributed by atoms with Gasteiger partial charge in [-0.1, -0.05) is 19.3 Å². The number of benzene rings is 1. The third kappa shape index (κ3) is 2.90. The van der Waals surface area contributed by atoms with Crippen LogP contribution in [0.2, 0.25) is 0 Å². The molecule has 1 aromatic rings. The van der Waals surface area contributed by atoms with Crippen molar-refractivity contribution in [2.75, 3.05) is 12.3 Å². The van der Waals surface area contributed by atoms with Gasteiger partial charge in [-0.15, -0.1) is 0 Å². The predicted molar refractivity (Wildman–Crippen MR) is 76.2 cm³/mol. The van der Waals surface area contributed by atoms with Crippen molar-refractivity contribution in [3.05, 3.63) is 24.0 Å². The highest BCUT2D eigenvalue weighted by Crippen LogP contribution is 2.41. The molecule has 1 unspecified atom stereocenters. The van der Waals surface area contributed by atoms with E-state index >= 15 is 0 Å². The normalized spacial score (nSPS) is 24.9. The Hall–Kier alpha value is -1.29. The molecule has 1 aromatic carbocycles. The van der Waals surface area contributed by atoms with Crippen LogP contribution in [0, 0.1) is 5.82 Å². The lowest BCUT2D eigenvalue weighted by Crippen LogP contribution is -2.32. The summed E-state index contributed by atoms with van der Waals surface area (Å²) in [6, 6.07) is 4.56. The molecule has 1 atom stereocenters. The van der Waals surface area contributed by atoms with Crippen molar-refractivity contribution in [1.82, 2.24) is 0 Å². The SMILES string of the molecule is Nc1ccc(OCC2CCC3(CCCCC3)O2)cc1F. The molecule has 3 nitrogen and oxygen atoms in total. The number of hydrogen-bond acceptors (Lipinski definition) is 3. The maximum atomic E-state index is 13.3. The summed E-state index contributed by atoms with van der Waals surface area (Å²) in [4.78, 5) is 0. The predicted octanol–water partition coefficient (Wildman–Crippen LogP) is 3.67. The van der Waals surface area contributed by atoms with Gasteiger partial charge in [-0.2, -0.15) is 0 Å². The van der Waals surface area contributed by atoms with Crippen LogP contribution in [-0.4, -0.2) is 18.3 Å². The van der Waals surface area contributed by atoms with Gasteiger partial charge in [0, 0.05) is 6.07 Å². The first-order valence-electron chi connectivity index (χ1n) is 7.53. The Kier molecular flexibility index (Phi) is 3.83. The summed E-state index contributed by atoms with van der Waals surface area (Å²) >= 11 is 0. The minimum atomic E-state index is -0.432. The Morgan fingerprint density at radius 3 is 2.80 bits per heavy atom. The van der Waals surface area contributed by atoms with Crippen molar-refractivity contribution in [2.45, 2.75) is 56.7 Å². The van der Waals surface area contributed by atoms with Gasteiger partial charge >= 0.3 is 0 Å². The maximum Gasteiger partial charge on any atom is 0.149 e. The number of hydrogen-bond donors (Lipinski definition) is 1. The second-order valence-electron chi connectivity index (χ2n) is 6.02. The fraction of sp³-hybridized carbons (Fsp3) is 0.625. The molecule has 1 saturated carbocycles. The second kappa shape index (κ2) is 5.60. The Bertz CT molecular complexity index is 472. The van der Waals surface area contributed by atoms with E-state index in [9.17, 15) is 4.39 Å². The van der Waals surface area contributed by atoms with Crippen LogP contribution >= 0.6 is 0 Å². The second-order valence-corrected chi connectivity index (χ2v) is 6.02. The van der Waals surface area contributed by atoms with Crippen LogP contribution in [0.1, 0.15) is 44.9 Å². The summed E-state index contributed by atoms with van der Waals surface area (Å²) in [6.07, 6.45) is 8.55. The van der Waals surface area contributed by atoms with Crippen LogP contribution in [0.5, 0.6) is 5.75 Å². The fourth-order valence-electron chi connectivity index (χ4n) is 3.36. The van der Waals surface area contributed by atoms with Crippen LogP contribution in [-0.2, 0) is 4.74 Å². The highest BCUT2D eigenvalue weighted by Gasteiger charge is 2.40. The minimum Gasteiger partial charge on any atom is -0.491 e. The van der Waals surface area contributed by atoms with Crippen molar-refractivity contribution >= 4 is 5.69 Å². The topological polar surface area (TPSA) is 44.5 Å². The Balaban J connectivity index is 1.53. The molecule has 1 spiro atoms. The molecule has 110 valence electrons. The van der Waals surface area contributed by atoms with E-state index in [4.69, 9.17) is 15.2 Å². The van der Waals surface area contributed by atoms with E-state index in [1.807, 2.05) is 0 Å². The van der Waals surface area contributed by atoms with Gasteiger partial charge in [0.2, 0.25) is 0 Å². The van der Waals surface area contributed by atoms with E-state index in [1.54, 1.807) is 6.07 Å². The first-order chi connectivity index (χ1) is 9.67. The van der Waals surface area contributed by atoms with Gasteiger partial charge in [0.1, 0.15) is 18.2 Å². The van der Waals surface area contributed by atoms with E-state index < -0.39 is 5.82 Å². The third-order valence-electron chi connectivity index (χ3n) is 4.51. The van der Waals surface area contributed by atoms with E-state index in [2.05, 4.69) is 0 Å². The quantitative estimate of drug-likeness (QED) is 0.859. The van der Waals surface area contributed by atoms with Crippen LogP contribution in [0.4, 0.5) is 10.1 Å². The summed E-state index contributed by atoms with van der Waals surface area (Å²) in [5.74, 6) is 0.0866. The molecule has 1 aliphatic carbocycles.